The minimum atomic E-state index is 0.464. The third-order valence-corrected chi connectivity index (χ3v) is 3.13. The van der Waals surface area contributed by atoms with Gasteiger partial charge in [0.1, 0.15) is 0 Å². The van der Waals surface area contributed by atoms with Gasteiger partial charge in [-0.2, -0.15) is 0 Å². The highest BCUT2D eigenvalue weighted by Gasteiger charge is 2.13. The molecule has 0 spiro atoms. The molecule has 1 aromatic heterocycles. The zero-order valence-electron chi connectivity index (χ0n) is 11.7. The number of aromatic nitrogens is 1. The predicted molar refractivity (Wildman–Crippen MR) is 74.1 cm³/mol. The van der Waals surface area contributed by atoms with E-state index in [1.807, 2.05) is 12.4 Å². The summed E-state index contributed by atoms with van der Waals surface area (Å²) in [6.07, 6.45) is 7.53. The molecule has 0 aliphatic rings. The number of hydrogen-bond acceptors (Lipinski definition) is 2. The van der Waals surface area contributed by atoms with Crippen LogP contribution in [0.3, 0.4) is 0 Å². The molecule has 0 radical (unpaired) electrons. The van der Waals surface area contributed by atoms with E-state index >= 15 is 0 Å². The predicted octanol–water partition coefficient (Wildman–Crippen LogP) is 3.87. The van der Waals surface area contributed by atoms with Crippen LogP contribution >= 0.6 is 0 Å². The molecule has 17 heavy (non-hydrogen) atoms. The maximum absolute atomic E-state index is 4.26. The lowest BCUT2D eigenvalue weighted by Crippen LogP contribution is -2.23. The highest BCUT2D eigenvalue weighted by Crippen LogP contribution is 2.23. The molecule has 1 N–H and O–H groups in total. The van der Waals surface area contributed by atoms with Crippen molar-refractivity contribution in [2.45, 2.75) is 53.0 Å². The van der Waals surface area contributed by atoms with Gasteiger partial charge in [-0.3, -0.25) is 4.98 Å². The Morgan fingerprint density at radius 3 is 2.65 bits per heavy atom. The Hall–Kier alpha value is -0.890. The molecule has 0 saturated carbocycles. The van der Waals surface area contributed by atoms with E-state index in [0.717, 1.165) is 12.5 Å². The minimum absolute atomic E-state index is 0.464. The van der Waals surface area contributed by atoms with Crippen LogP contribution in [0.1, 0.15) is 57.2 Å². The summed E-state index contributed by atoms with van der Waals surface area (Å²) >= 11 is 0. The van der Waals surface area contributed by atoms with Crippen LogP contribution in [0.25, 0.3) is 0 Å². The van der Waals surface area contributed by atoms with Crippen LogP contribution in [0.2, 0.25) is 0 Å². The van der Waals surface area contributed by atoms with Gasteiger partial charge in [0.25, 0.3) is 0 Å². The van der Waals surface area contributed by atoms with Gasteiger partial charge in [0, 0.05) is 18.4 Å². The Labute approximate surface area is 106 Å². The van der Waals surface area contributed by atoms with E-state index in [9.17, 15) is 0 Å². The molecule has 1 aromatic rings. The van der Waals surface area contributed by atoms with Gasteiger partial charge in [0.05, 0.1) is 0 Å². The fourth-order valence-electron chi connectivity index (χ4n) is 2.03. The van der Waals surface area contributed by atoms with Crippen molar-refractivity contribution < 1.29 is 0 Å². The van der Waals surface area contributed by atoms with Gasteiger partial charge < -0.3 is 5.32 Å². The molecule has 1 atom stereocenters. The first-order valence-electron chi connectivity index (χ1n) is 6.79. The summed E-state index contributed by atoms with van der Waals surface area (Å²) in [4.78, 5) is 4.26. The fraction of sp³-hybridized carbons (Fsp3) is 0.667. The monoisotopic (exact) mass is 234 g/mol. The normalized spacial score (nSPS) is 13.0. The summed E-state index contributed by atoms with van der Waals surface area (Å²) in [6, 6.07) is 2.57. The molecule has 0 amide bonds. The van der Waals surface area contributed by atoms with Crippen molar-refractivity contribution in [2.75, 3.05) is 6.54 Å². The Bertz CT molecular complexity index is 320. The van der Waals surface area contributed by atoms with Crippen LogP contribution in [-0.2, 0) is 0 Å². The number of pyridine rings is 1. The zero-order valence-corrected chi connectivity index (χ0v) is 11.7. The van der Waals surface area contributed by atoms with Gasteiger partial charge in [0.2, 0.25) is 0 Å². The average Bonchev–Trinajstić information content (AvgIpc) is 2.30. The number of rotatable bonds is 7. The molecule has 0 fully saturated rings. The first-order chi connectivity index (χ1) is 8.15. The van der Waals surface area contributed by atoms with E-state index in [-0.39, 0.29) is 0 Å². The first kappa shape index (κ1) is 14.2. The number of aryl methyl sites for hydroxylation is 1. The van der Waals surface area contributed by atoms with E-state index in [2.05, 4.69) is 44.1 Å². The third kappa shape index (κ3) is 4.86. The van der Waals surface area contributed by atoms with Crippen molar-refractivity contribution in [3.05, 3.63) is 29.6 Å². The molecule has 0 aliphatic heterocycles. The quantitative estimate of drug-likeness (QED) is 0.774. The lowest BCUT2D eigenvalue weighted by Gasteiger charge is -2.21. The highest BCUT2D eigenvalue weighted by atomic mass is 14.9. The molecule has 0 aliphatic carbocycles. The molecule has 0 aromatic carbocycles. The molecule has 2 heteroatoms. The molecule has 0 saturated heterocycles. The van der Waals surface area contributed by atoms with E-state index in [4.69, 9.17) is 0 Å². The van der Waals surface area contributed by atoms with Gasteiger partial charge in [-0.1, -0.05) is 20.8 Å². The molecule has 2 nitrogen and oxygen atoms in total. The summed E-state index contributed by atoms with van der Waals surface area (Å²) in [5.41, 5.74) is 2.71. The number of hydrogen-bond donors (Lipinski definition) is 1. The van der Waals surface area contributed by atoms with E-state index < -0.39 is 0 Å². The van der Waals surface area contributed by atoms with Gasteiger partial charge in [0.15, 0.2) is 0 Å². The summed E-state index contributed by atoms with van der Waals surface area (Å²) in [5, 5.41) is 3.64. The third-order valence-electron chi connectivity index (χ3n) is 3.13. The van der Waals surface area contributed by atoms with Gasteiger partial charge in [-0.25, -0.2) is 0 Å². The number of nitrogens with one attached hydrogen (secondary N) is 1. The van der Waals surface area contributed by atoms with Crippen LogP contribution in [-0.4, -0.2) is 11.5 Å². The van der Waals surface area contributed by atoms with Gasteiger partial charge in [-0.15, -0.1) is 0 Å². The van der Waals surface area contributed by atoms with Crippen molar-refractivity contribution in [1.29, 1.82) is 0 Å². The molecule has 1 rings (SSSR count). The van der Waals surface area contributed by atoms with Gasteiger partial charge >= 0.3 is 0 Å². The molecule has 0 bridgehead atoms. The van der Waals surface area contributed by atoms with Crippen LogP contribution in [0.15, 0.2) is 18.5 Å². The van der Waals surface area contributed by atoms with E-state index in [0.29, 0.717) is 6.04 Å². The van der Waals surface area contributed by atoms with Crippen LogP contribution in [0, 0.1) is 12.8 Å². The van der Waals surface area contributed by atoms with E-state index in [1.165, 1.54) is 30.4 Å². The van der Waals surface area contributed by atoms with Crippen molar-refractivity contribution in [3.63, 3.8) is 0 Å². The Morgan fingerprint density at radius 2 is 2.06 bits per heavy atom. The molecular formula is C15H26N2. The maximum atomic E-state index is 4.26. The zero-order chi connectivity index (χ0) is 12.7. The largest absolute Gasteiger partial charge is 0.310 e. The van der Waals surface area contributed by atoms with Crippen molar-refractivity contribution in [3.8, 4) is 0 Å². The Morgan fingerprint density at radius 1 is 1.29 bits per heavy atom. The molecule has 96 valence electrons. The van der Waals surface area contributed by atoms with Crippen LogP contribution in [0.5, 0.6) is 0 Å². The SMILES string of the molecule is CCCNC(CCC(C)C)c1cnccc1C. The van der Waals surface area contributed by atoms with Crippen molar-refractivity contribution >= 4 is 0 Å². The first-order valence-corrected chi connectivity index (χ1v) is 6.79. The average molecular weight is 234 g/mol. The topological polar surface area (TPSA) is 24.9 Å². The van der Waals surface area contributed by atoms with Crippen LogP contribution < -0.4 is 5.32 Å². The Balaban J connectivity index is 2.71. The van der Waals surface area contributed by atoms with Gasteiger partial charge in [-0.05, 0) is 55.8 Å². The second-order valence-corrected chi connectivity index (χ2v) is 5.21. The second kappa shape index (κ2) is 7.44. The standard InChI is InChI=1S/C15H26N2/c1-5-9-17-15(7-6-12(2)3)14-11-16-10-8-13(14)4/h8,10-12,15,17H,5-7,9H2,1-4H3. The number of nitrogens with zero attached hydrogens (tertiary/aromatic N) is 1. The minimum Gasteiger partial charge on any atom is -0.310 e. The second-order valence-electron chi connectivity index (χ2n) is 5.21. The summed E-state index contributed by atoms with van der Waals surface area (Å²) in [7, 11) is 0. The summed E-state index contributed by atoms with van der Waals surface area (Å²) in [6.45, 7) is 10.0. The Kier molecular flexibility index (Phi) is 6.20. The molecule has 1 unspecified atom stereocenters. The lowest BCUT2D eigenvalue weighted by atomic mass is 9.96. The van der Waals surface area contributed by atoms with Crippen molar-refractivity contribution in [1.82, 2.24) is 10.3 Å². The summed E-state index contributed by atoms with van der Waals surface area (Å²) < 4.78 is 0. The maximum Gasteiger partial charge on any atom is 0.0338 e. The highest BCUT2D eigenvalue weighted by molar-refractivity contribution is 5.25. The van der Waals surface area contributed by atoms with Crippen molar-refractivity contribution in [2.24, 2.45) is 5.92 Å². The summed E-state index contributed by atoms with van der Waals surface area (Å²) in [5.74, 6) is 0.762. The fourth-order valence-corrected chi connectivity index (χ4v) is 2.03. The molecule has 1 heterocycles. The molecular weight excluding hydrogens is 208 g/mol. The smallest absolute Gasteiger partial charge is 0.0338 e. The van der Waals surface area contributed by atoms with Crippen LogP contribution in [0.4, 0.5) is 0 Å². The lowest BCUT2D eigenvalue weighted by molar-refractivity contribution is 0.439. The van der Waals surface area contributed by atoms with E-state index in [1.54, 1.807) is 0 Å².